The molecule has 0 aliphatic carbocycles. The van der Waals surface area contributed by atoms with Crippen molar-refractivity contribution in [1.29, 1.82) is 0 Å². The van der Waals surface area contributed by atoms with E-state index in [1.807, 2.05) is 24.3 Å². The van der Waals surface area contributed by atoms with E-state index in [2.05, 4.69) is 35.1 Å². The molecule has 4 nitrogen and oxygen atoms in total. The smallest absolute Gasteiger partial charge is 0.363 e. The second kappa shape index (κ2) is 6.35. The van der Waals surface area contributed by atoms with E-state index in [-0.39, 0.29) is 0 Å². The Bertz CT molecular complexity index is 749. The molecule has 0 atom stereocenters. The van der Waals surface area contributed by atoms with Crippen molar-refractivity contribution >= 4 is 17.9 Å². The summed E-state index contributed by atoms with van der Waals surface area (Å²) in [5, 5.41) is 0. The van der Waals surface area contributed by atoms with Crippen LogP contribution in [-0.2, 0) is 16.0 Å². The highest BCUT2D eigenvalue weighted by molar-refractivity contribution is 6.07. The Morgan fingerprint density at radius 1 is 1.14 bits per heavy atom. The van der Waals surface area contributed by atoms with Crippen molar-refractivity contribution < 1.29 is 9.53 Å². The van der Waals surface area contributed by atoms with Gasteiger partial charge in [-0.2, -0.15) is 0 Å². The molecular formula is C18H16N2O2. The fourth-order valence-electron chi connectivity index (χ4n) is 2.28. The van der Waals surface area contributed by atoms with Gasteiger partial charge in [-0.25, -0.2) is 9.79 Å². The number of benzene rings is 1. The summed E-state index contributed by atoms with van der Waals surface area (Å²) in [5.74, 6) is 0.0542. The zero-order valence-corrected chi connectivity index (χ0v) is 12.3. The topological polar surface area (TPSA) is 51.5 Å². The first kappa shape index (κ1) is 14.2. The van der Waals surface area contributed by atoms with Crippen LogP contribution in [0.3, 0.4) is 0 Å². The lowest BCUT2D eigenvalue weighted by molar-refractivity contribution is -0.130. The minimum Gasteiger partial charge on any atom is -0.407 e. The van der Waals surface area contributed by atoms with E-state index in [0.717, 1.165) is 6.42 Å². The molecule has 22 heavy (non-hydrogen) atoms. The number of hydrogen-bond acceptors (Lipinski definition) is 4. The maximum absolute atomic E-state index is 11.8. The molecule has 110 valence electrons. The van der Waals surface area contributed by atoms with Gasteiger partial charge in [-0.1, -0.05) is 35.9 Å². The van der Waals surface area contributed by atoms with Crippen molar-refractivity contribution in [1.82, 2.24) is 4.98 Å². The first-order valence-corrected chi connectivity index (χ1v) is 7.19. The first-order valence-electron chi connectivity index (χ1n) is 7.19. The molecule has 0 bridgehead atoms. The van der Waals surface area contributed by atoms with E-state index in [1.54, 1.807) is 12.3 Å². The van der Waals surface area contributed by atoms with Crippen LogP contribution in [0.4, 0.5) is 0 Å². The maximum atomic E-state index is 11.8. The van der Waals surface area contributed by atoms with Gasteiger partial charge in [0, 0.05) is 12.6 Å². The summed E-state index contributed by atoms with van der Waals surface area (Å²) in [6.45, 7) is 2.06. The van der Waals surface area contributed by atoms with Crippen molar-refractivity contribution in [3.8, 4) is 0 Å². The van der Waals surface area contributed by atoms with E-state index >= 15 is 0 Å². The molecule has 2 aromatic rings. The van der Waals surface area contributed by atoms with Crippen LogP contribution in [0.1, 0.15) is 23.2 Å². The van der Waals surface area contributed by atoms with Gasteiger partial charge in [0.2, 0.25) is 0 Å². The molecule has 0 radical (unpaired) electrons. The van der Waals surface area contributed by atoms with Gasteiger partial charge in [-0.15, -0.1) is 0 Å². The minimum absolute atomic E-state index is 0.304. The molecule has 1 aliphatic rings. The monoisotopic (exact) mass is 292 g/mol. The Labute approximate surface area is 129 Å². The average Bonchev–Trinajstić information content (AvgIpc) is 2.87. The third-order valence-corrected chi connectivity index (χ3v) is 3.35. The number of esters is 1. The van der Waals surface area contributed by atoms with Crippen molar-refractivity contribution in [2.24, 2.45) is 4.99 Å². The molecule has 1 aromatic carbocycles. The zero-order valence-electron chi connectivity index (χ0n) is 12.3. The van der Waals surface area contributed by atoms with Gasteiger partial charge in [0.15, 0.2) is 11.6 Å². The second-order valence-corrected chi connectivity index (χ2v) is 5.17. The number of aromatic nitrogens is 1. The number of aliphatic imine (C=N–C) groups is 1. The Balaban J connectivity index is 1.69. The van der Waals surface area contributed by atoms with Crippen LogP contribution in [0.15, 0.2) is 59.4 Å². The van der Waals surface area contributed by atoms with Crippen LogP contribution in [0.5, 0.6) is 0 Å². The molecule has 3 rings (SSSR count). The standard InChI is InChI=1S/C18H16N2O2/c1-13-5-4-6-14(11-13)8-9-17-20-16(18(21)22-17)12-15-7-2-3-10-19-15/h2-7,10-12H,8-9H2,1H3/b16-12+. The van der Waals surface area contributed by atoms with Gasteiger partial charge in [0.25, 0.3) is 0 Å². The maximum Gasteiger partial charge on any atom is 0.363 e. The predicted molar refractivity (Wildman–Crippen MR) is 85.2 cm³/mol. The predicted octanol–water partition coefficient (Wildman–Crippen LogP) is 3.32. The lowest BCUT2D eigenvalue weighted by atomic mass is 10.1. The summed E-state index contributed by atoms with van der Waals surface area (Å²) in [5.41, 5.74) is 3.43. The van der Waals surface area contributed by atoms with Gasteiger partial charge in [-0.3, -0.25) is 4.98 Å². The van der Waals surface area contributed by atoms with E-state index in [9.17, 15) is 4.79 Å². The number of ether oxygens (including phenoxy) is 1. The van der Waals surface area contributed by atoms with Gasteiger partial charge in [0.1, 0.15) is 0 Å². The normalized spacial score (nSPS) is 15.8. The summed E-state index contributed by atoms with van der Waals surface area (Å²) in [7, 11) is 0. The van der Waals surface area contributed by atoms with Crippen LogP contribution >= 0.6 is 0 Å². The van der Waals surface area contributed by atoms with E-state index in [1.165, 1.54) is 11.1 Å². The van der Waals surface area contributed by atoms with E-state index < -0.39 is 5.97 Å². The fourth-order valence-corrected chi connectivity index (χ4v) is 2.28. The average molecular weight is 292 g/mol. The van der Waals surface area contributed by atoms with Crippen molar-refractivity contribution in [3.63, 3.8) is 0 Å². The Morgan fingerprint density at radius 2 is 2.05 bits per heavy atom. The third-order valence-electron chi connectivity index (χ3n) is 3.35. The molecular weight excluding hydrogens is 276 g/mol. The number of pyridine rings is 1. The highest BCUT2D eigenvalue weighted by Crippen LogP contribution is 2.17. The molecule has 1 aliphatic heterocycles. The van der Waals surface area contributed by atoms with Gasteiger partial charge < -0.3 is 4.74 Å². The molecule has 0 fully saturated rings. The van der Waals surface area contributed by atoms with Crippen LogP contribution in [0.2, 0.25) is 0 Å². The number of hydrogen-bond donors (Lipinski definition) is 0. The number of nitrogens with zero attached hydrogens (tertiary/aromatic N) is 2. The van der Waals surface area contributed by atoms with Crippen molar-refractivity contribution in [2.45, 2.75) is 19.8 Å². The summed E-state index contributed by atoms with van der Waals surface area (Å²) in [4.78, 5) is 20.2. The SMILES string of the molecule is Cc1cccc(CCC2=N/C(=C/c3ccccn3)C(=O)O2)c1. The molecule has 2 heterocycles. The second-order valence-electron chi connectivity index (χ2n) is 5.17. The number of carbonyl (C=O) groups is 1. The summed E-state index contributed by atoms with van der Waals surface area (Å²) in [6, 6.07) is 13.8. The van der Waals surface area contributed by atoms with E-state index in [0.29, 0.717) is 23.7 Å². The van der Waals surface area contributed by atoms with E-state index in [4.69, 9.17) is 4.74 Å². The minimum atomic E-state index is -0.412. The van der Waals surface area contributed by atoms with Gasteiger partial charge >= 0.3 is 5.97 Å². The summed E-state index contributed by atoms with van der Waals surface area (Å²) < 4.78 is 5.21. The van der Waals surface area contributed by atoms with Gasteiger partial charge in [0.05, 0.1) is 5.69 Å². The summed E-state index contributed by atoms with van der Waals surface area (Å²) >= 11 is 0. The molecule has 0 amide bonds. The van der Waals surface area contributed by atoms with Crippen LogP contribution < -0.4 is 0 Å². The number of aryl methyl sites for hydroxylation is 2. The quantitative estimate of drug-likeness (QED) is 0.641. The fraction of sp³-hybridized carbons (Fsp3) is 0.167. The van der Waals surface area contributed by atoms with Crippen LogP contribution in [-0.4, -0.2) is 16.9 Å². The molecule has 4 heteroatoms. The lowest BCUT2D eigenvalue weighted by Crippen LogP contribution is -2.05. The Morgan fingerprint density at radius 3 is 2.82 bits per heavy atom. The Hall–Kier alpha value is -2.75. The molecule has 0 N–H and O–H groups in total. The van der Waals surface area contributed by atoms with Crippen LogP contribution in [0.25, 0.3) is 6.08 Å². The zero-order chi connectivity index (χ0) is 15.4. The molecule has 0 unspecified atom stereocenters. The Kier molecular flexibility index (Phi) is 4.10. The molecule has 0 spiro atoms. The molecule has 1 aromatic heterocycles. The highest BCUT2D eigenvalue weighted by atomic mass is 16.6. The van der Waals surface area contributed by atoms with Crippen LogP contribution in [0, 0.1) is 6.92 Å². The lowest BCUT2D eigenvalue weighted by Gasteiger charge is -2.01. The summed E-state index contributed by atoms with van der Waals surface area (Å²) in [6.07, 6.45) is 4.72. The molecule has 0 saturated heterocycles. The highest BCUT2D eigenvalue weighted by Gasteiger charge is 2.22. The molecule has 0 saturated carbocycles. The largest absolute Gasteiger partial charge is 0.407 e. The third kappa shape index (κ3) is 3.47. The number of rotatable bonds is 4. The number of cyclic esters (lactones) is 1. The van der Waals surface area contributed by atoms with Crippen molar-refractivity contribution in [3.05, 3.63) is 71.2 Å². The first-order chi connectivity index (χ1) is 10.7. The van der Waals surface area contributed by atoms with Gasteiger partial charge in [-0.05, 0) is 37.1 Å². The number of carbonyl (C=O) groups excluding carboxylic acids is 1. The van der Waals surface area contributed by atoms with Crippen molar-refractivity contribution in [2.75, 3.05) is 0 Å².